The normalized spacial score (nSPS) is 12.3. The van der Waals surface area contributed by atoms with Crippen molar-refractivity contribution in [3.8, 4) is 11.5 Å². The Morgan fingerprint density at radius 1 is 1.04 bits per heavy atom. The van der Waals surface area contributed by atoms with Gasteiger partial charge in [-0.3, -0.25) is 10.1 Å². The van der Waals surface area contributed by atoms with Crippen molar-refractivity contribution in [1.82, 2.24) is 10.6 Å². The summed E-state index contributed by atoms with van der Waals surface area (Å²) in [5, 5.41) is 5.73. The van der Waals surface area contributed by atoms with E-state index in [9.17, 15) is 4.79 Å². The van der Waals surface area contributed by atoms with Crippen molar-refractivity contribution in [1.29, 1.82) is 0 Å². The Hall–Kier alpha value is -1.66. The minimum absolute atomic E-state index is 0.350. The molecule has 0 saturated carbocycles. The van der Waals surface area contributed by atoms with Crippen molar-refractivity contribution < 1.29 is 14.3 Å². The summed E-state index contributed by atoms with van der Waals surface area (Å²) in [6, 6.07) is 14.4. The maximum atomic E-state index is 12.6. The van der Waals surface area contributed by atoms with Gasteiger partial charge in [0, 0.05) is 12.1 Å². The number of carbonyl (C=O) groups excluding carboxylic acids is 1. The molecule has 0 aromatic heterocycles. The molecule has 0 aliphatic carbocycles. The van der Waals surface area contributed by atoms with Crippen molar-refractivity contribution in [2.45, 2.75) is 16.5 Å². The first kappa shape index (κ1) is 20.6. The van der Waals surface area contributed by atoms with Gasteiger partial charge in [-0.25, -0.2) is 0 Å². The highest BCUT2D eigenvalue weighted by molar-refractivity contribution is 6.68. The van der Waals surface area contributed by atoms with E-state index in [2.05, 4.69) is 10.6 Å². The molecular weight excluding hydrogens is 399 g/mol. The third-order valence-corrected chi connectivity index (χ3v) is 4.26. The molecule has 0 saturated heterocycles. The average molecular weight is 418 g/mol. The van der Waals surface area contributed by atoms with E-state index >= 15 is 0 Å². The molecule has 0 aliphatic heterocycles. The number of nitrogens with one attached hydrogen (secondary N) is 2. The Morgan fingerprint density at radius 3 is 2.27 bits per heavy atom. The maximum absolute atomic E-state index is 12.6. The first-order valence-electron chi connectivity index (χ1n) is 7.72. The number of ether oxygens (including phenoxy) is 2. The number of alkyl halides is 3. The van der Waals surface area contributed by atoms with Crippen LogP contribution < -0.4 is 20.1 Å². The van der Waals surface area contributed by atoms with E-state index in [-0.39, 0.29) is 0 Å². The Labute approximate surface area is 167 Å². The van der Waals surface area contributed by atoms with E-state index < -0.39 is 15.9 Å². The van der Waals surface area contributed by atoms with Crippen molar-refractivity contribution in [2.75, 3.05) is 14.2 Å². The quantitative estimate of drug-likeness (QED) is 0.529. The molecule has 8 heteroatoms. The summed E-state index contributed by atoms with van der Waals surface area (Å²) in [5.74, 6) is 0.537. The number of benzene rings is 2. The van der Waals surface area contributed by atoms with Crippen molar-refractivity contribution in [2.24, 2.45) is 0 Å². The summed E-state index contributed by atoms with van der Waals surface area (Å²) in [4.78, 5) is 12.6. The molecule has 0 radical (unpaired) electrons. The summed E-state index contributed by atoms with van der Waals surface area (Å²) in [5.41, 5.74) is 1.34. The number of hydrogen-bond donors (Lipinski definition) is 2. The molecule has 5 nitrogen and oxygen atoms in total. The van der Waals surface area contributed by atoms with Crippen LogP contribution in [0.1, 0.15) is 15.9 Å². The van der Waals surface area contributed by atoms with Crippen LogP contribution in [0.3, 0.4) is 0 Å². The maximum Gasteiger partial charge on any atom is 0.252 e. The fraction of sp³-hybridized carbons (Fsp3) is 0.278. The predicted molar refractivity (Wildman–Crippen MR) is 104 cm³/mol. The Morgan fingerprint density at radius 2 is 1.69 bits per heavy atom. The van der Waals surface area contributed by atoms with Gasteiger partial charge in [0.05, 0.1) is 14.2 Å². The molecule has 0 heterocycles. The number of halogens is 3. The molecule has 2 N–H and O–H groups in total. The van der Waals surface area contributed by atoms with Crippen LogP contribution in [0.5, 0.6) is 11.5 Å². The lowest BCUT2D eigenvalue weighted by molar-refractivity contribution is 0.0929. The minimum atomic E-state index is -1.74. The molecule has 0 spiro atoms. The molecule has 2 rings (SSSR count). The zero-order valence-corrected chi connectivity index (χ0v) is 16.5. The zero-order valence-electron chi connectivity index (χ0n) is 14.3. The van der Waals surface area contributed by atoms with Crippen molar-refractivity contribution in [3.63, 3.8) is 0 Å². The summed E-state index contributed by atoms with van der Waals surface area (Å²) in [7, 11) is 3.01. The topological polar surface area (TPSA) is 59.6 Å². The van der Waals surface area contributed by atoms with Gasteiger partial charge in [0.1, 0.15) is 6.17 Å². The summed E-state index contributed by atoms with van der Waals surface area (Å²) in [6.07, 6.45) is -0.895. The van der Waals surface area contributed by atoms with E-state index in [4.69, 9.17) is 44.3 Å². The van der Waals surface area contributed by atoms with Gasteiger partial charge in [0.2, 0.25) is 3.79 Å². The molecule has 26 heavy (non-hydrogen) atoms. The number of rotatable bonds is 7. The van der Waals surface area contributed by atoms with Gasteiger partial charge in [-0.15, -0.1) is 0 Å². The van der Waals surface area contributed by atoms with Crippen LogP contribution in [-0.2, 0) is 6.54 Å². The van der Waals surface area contributed by atoms with Crippen LogP contribution in [-0.4, -0.2) is 30.1 Å². The van der Waals surface area contributed by atoms with Crippen LogP contribution in [0.15, 0.2) is 48.5 Å². The molecule has 0 unspecified atom stereocenters. The second-order valence-corrected chi connectivity index (χ2v) is 7.75. The molecule has 1 atom stereocenters. The van der Waals surface area contributed by atoms with Crippen LogP contribution in [0.4, 0.5) is 0 Å². The molecule has 2 aromatic rings. The molecule has 1 amide bonds. The molecular formula is C18H19Cl3N2O3. The SMILES string of the molecule is COc1ccc(C(=O)N[C@@H](NCc2ccccc2)C(Cl)(Cl)Cl)cc1OC. The standard InChI is InChI=1S/C18H19Cl3N2O3/c1-25-14-9-8-13(10-15(14)26-2)16(24)23-17(18(19,20)21)22-11-12-6-4-3-5-7-12/h3-10,17,22H,11H2,1-2H3,(H,23,24)/t17-/m1/s1. The lowest BCUT2D eigenvalue weighted by Crippen LogP contribution is -2.53. The van der Waals surface area contributed by atoms with E-state index in [1.165, 1.54) is 14.2 Å². The van der Waals surface area contributed by atoms with Gasteiger partial charge in [0.15, 0.2) is 11.5 Å². The first-order valence-corrected chi connectivity index (χ1v) is 8.85. The van der Waals surface area contributed by atoms with Crippen LogP contribution in [0, 0.1) is 0 Å². The second-order valence-electron chi connectivity index (χ2n) is 5.38. The van der Waals surface area contributed by atoms with Crippen LogP contribution in [0.25, 0.3) is 0 Å². The van der Waals surface area contributed by atoms with Crippen molar-refractivity contribution >= 4 is 40.7 Å². The highest BCUT2D eigenvalue weighted by atomic mass is 35.6. The van der Waals surface area contributed by atoms with Gasteiger partial charge in [-0.05, 0) is 23.8 Å². The predicted octanol–water partition coefficient (Wildman–Crippen LogP) is 3.92. The highest BCUT2D eigenvalue weighted by Crippen LogP contribution is 2.30. The lowest BCUT2D eigenvalue weighted by atomic mass is 10.2. The minimum Gasteiger partial charge on any atom is -0.493 e. The smallest absolute Gasteiger partial charge is 0.252 e. The fourth-order valence-corrected chi connectivity index (χ4v) is 2.65. The second kappa shape index (κ2) is 9.33. The zero-order chi connectivity index (χ0) is 19.2. The average Bonchev–Trinajstić information content (AvgIpc) is 2.64. The number of amides is 1. The summed E-state index contributed by atoms with van der Waals surface area (Å²) in [6.45, 7) is 0.422. The largest absolute Gasteiger partial charge is 0.493 e. The van der Waals surface area contributed by atoms with Crippen LogP contribution in [0.2, 0.25) is 0 Å². The number of carbonyl (C=O) groups is 1. The summed E-state index contributed by atoms with van der Waals surface area (Å²) < 4.78 is 8.63. The molecule has 0 fully saturated rings. The number of hydrogen-bond acceptors (Lipinski definition) is 4. The van der Waals surface area contributed by atoms with Gasteiger partial charge >= 0.3 is 0 Å². The van der Waals surface area contributed by atoms with Gasteiger partial charge in [-0.2, -0.15) is 0 Å². The first-order chi connectivity index (χ1) is 12.3. The Kier molecular flexibility index (Phi) is 7.41. The highest BCUT2D eigenvalue weighted by Gasteiger charge is 2.34. The monoisotopic (exact) mass is 416 g/mol. The lowest BCUT2D eigenvalue weighted by Gasteiger charge is -2.27. The van der Waals surface area contributed by atoms with Gasteiger partial charge in [0.25, 0.3) is 5.91 Å². The van der Waals surface area contributed by atoms with E-state index in [0.717, 1.165) is 5.56 Å². The molecule has 0 aliphatic rings. The molecule has 0 bridgehead atoms. The third-order valence-electron chi connectivity index (χ3n) is 3.60. The van der Waals surface area contributed by atoms with E-state index in [1.54, 1.807) is 18.2 Å². The van der Waals surface area contributed by atoms with E-state index in [1.807, 2.05) is 30.3 Å². The Balaban J connectivity index is 2.11. The molecule has 2 aromatic carbocycles. The third kappa shape index (κ3) is 5.68. The summed E-state index contributed by atoms with van der Waals surface area (Å²) >= 11 is 18.0. The van der Waals surface area contributed by atoms with Gasteiger partial charge in [-0.1, -0.05) is 65.1 Å². The Bertz CT molecular complexity index is 736. The van der Waals surface area contributed by atoms with Gasteiger partial charge < -0.3 is 14.8 Å². The molecule has 140 valence electrons. The fourth-order valence-electron chi connectivity index (χ4n) is 2.26. The number of methoxy groups -OCH3 is 2. The van der Waals surface area contributed by atoms with Crippen molar-refractivity contribution in [3.05, 3.63) is 59.7 Å². The van der Waals surface area contributed by atoms with E-state index in [0.29, 0.717) is 23.6 Å². The van der Waals surface area contributed by atoms with Crippen LogP contribution >= 0.6 is 34.8 Å².